The average molecular weight is 400 g/mol. The molecule has 3 N–H and O–H groups in total. The van der Waals surface area contributed by atoms with Crippen LogP contribution in [-0.2, 0) is 4.79 Å². The molecule has 6 atom stereocenters. The number of allylic oxidation sites excluding steroid dienone is 4. The van der Waals surface area contributed by atoms with Gasteiger partial charge in [-0.2, -0.15) is 0 Å². The number of carbonyl (C=O) groups is 1. The molecule has 0 aliphatic heterocycles. The van der Waals surface area contributed by atoms with Crippen LogP contribution in [0.2, 0.25) is 0 Å². The lowest BCUT2D eigenvalue weighted by Crippen LogP contribution is -2.53. The minimum absolute atomic E-state index is 0.00213. The predicted octanol–water partition coefficient (Wildman–Crippen LogP) is 5.53. The fourth-order valence-corrected chi connectivity index (χ4v) is 8.15. The van der Waals surface area contributed by atoms with Crippen LogP contribution in [0.15, 0.2) is 22.8 Å². The van der Waals surface area contributed by atoms with Crippen LogP contribution < -0.4 is 5.73 Å². The number of rotatable bonds is 4. The Hall–Kier alpha value is -1.09. The van der Waals surface area contributed by atoms with E-state index in [0.29, 0.717) is 24.2 Å². The number of aliphatic hydroxyl groups excluding tert-OH is 1. The SMILES string of the molecule is C[C@H](CCC(N)=O)[C@H]1CC=C2C3=C(CC[C@@]21C)[C@@]1(C)CCC(O)C(C)(C)C1CC3. The van der Waals surface area contributed by atoms with Crippen molar-refractivity contribution in [1.29, 1.82) is 0 Å². The van der Waals surface area contributed by atoms with Gasteiger partial charge in [0.25, 0.3) is 0 Å². The summed E-state index contributed by atoms with van der Waals surface area (Å²) in [4.78, 5) is 11.3. The molecule has 0 aromatic carbocycles. The molecule has 162 valence electrons. The Labute approximate surface area is 177 Å². The van der Waals surface area contributed by atoms with E-state index in [-0.39, 0.29) is 28.3 Å². The Morgan fingerprint density at radius 2 is 1.90 bits per heavy atom. The van der Waals surface area contributed by atoms with Crippen molar-refractivity contribution in [1.82, 2.24) is 0 Å². The quantitative estimate of drug-likeness (QED) is 0.653. The minimum atomic E-state index is -0.171. The smallest absolute Gasteiger partial charge is 0.217 e. The summed E-state index contributed by atoms with van der Waals surface area (Å²) in [6.45, 7) is 11.9. The average Bonchev–Trinajstić information content (AvgIpc) is 3.00. The molecule has 29 heavy (non-hydrogen) atoms. The molecule has 4 rings (SSSR count). The molecule has 0 aromatic heterocycles. The van der Waals surface area contributed by atoms with Crippen LogP contribution in [0.5, 0.6) is 0 Å². The Morgan fingerprint density at radius 1 is 1.17 bits per heavy atom. The highest BCUT2D eigenvalue weighted by atomic mass is 16.3. The van der Waals surface area contributed by atoms with Crippen LogP contribution in [0.4, 0.5) is 0 Å². The van der Waals surface area contributed by atoms with Gasteiger partial charge in [0.2, 0.25) is 5.91 Å². The van der Waals surface area contributed by atoms with Gasteiger partial charge in [-0.25, -0.2) is 0 Å². The van der Waals surface area contributed by atoms with E-state index in [9.17, 15) is 9.90 Å². The summed E-state index contributed by atoms with van der Waals surface area (Å²) in [5, 5.41) is 10.7. The molecular formula is C26H41NO2. The number of amides is 1. The van der Waals surface area contributed by atoms with Crippen molar-refractivity contribution in [2.24, 2.45) is 39.7 Å². The summed E-state index contributed by atoms with van der Waals surface area (Å²) < 4.78 is 0. The summed E-state index contributed by atoms with van der Waals surface area (Å²) >= 11 is 0. The second-order valence-corrected chi connectivity index (χ2v) is 11.7. The van der Waals surface area contributed by atoms with E-state index in [2.05, 4.69) is 40.7 Å². The van der Waals surface area contributed by atoms with Crippen molar-refractivity contribution < 1.29 is 9.90 Å². The van der Waals surface area contributed by atoms with E-state index in [1.807, 2.05) is 0 Å². The Balaban J connectivity index is 1.64. The molecule has 1 amide bonds. The van der Waals surface area contributed by atoms with Crippen LogP contribution in [0, 0.1) is 34.0 Å². The molecule has 4 aliphatic rings. The second kappa shape index (κ2) is 6.97. The van der Waals surface area contributed by atoms with E-state index in [1.54, 1.807) is 16.7 Å². The standard InChI is InChI=1S/C26H41NO2/c1-16(6-11-23(27)29)18-8-9-19-17-7-10-21-24(2,3)22(28)13-15-26(21,5)20(17)12-14-25(18,19)4/h9,16,18,21-22,28H,6-8,10-15H2,1-5H3,(H2,27,29)/t16-,18-,21?,22?,25-,26-/m1/s1. The molecule has 1 saturated carbocycles. The first-order chi connectivity index (χ1) is 13.5. The molecule has 3 nitrogen and oxygen atoms in total. The van der Waals surface area contributed by atoms with Crippen LogP contribution in [0.1, 0.15) is 92.4 Å². The number of carbonyl (C=O) groups excluding carboxylic acids is 1. The highest BCUT2D eigenvalue weighted by Crippen LogP contribution is 2.66. The van der Waals surface area contributed by atoms with Gasteiger partial charge in [0.05, 0.1) is 6.10 Å². The van der Waals surface area contributed by atoms with E-state index in [0.717, 1.165) is 25.7 Å². The van der Waals surface area contributed by atoms with Gasteiger partial charge < -0.3 is 10.8 Å². The summed E-state index contributed by atoms with van der Waals surface area (Å²) in [7, 11) is 0. The van der Waals surface area contributed by atoms with Crippen LogP contribution in [0.3, 0.4) is 0 Å². The van der Waals surface area contributed by atoms with Crippen molar-refractivity contribution in [3.63, 3.8) is 0 Å². The molecule has 3 heteroatoms. The molecule has 0 aromatic rings. The van der Waals surface area contributed by atoms with Gasteiger partial charge in [-0.1, -0.05) is 46.3 Å². The van der Waals surface area contributed by atoms with Gasteiger partial charge in [-0.3, -0.25) is 4.79 Å². The number of fused-ring (bicyclic) bond motifs is 4. The zero-order valence-electron chi connectivity index (χ0n) is 19.2. The lowest BCUT2D eigenvalue weighted by Gasteiger charge is -2.59. The third-order valence-corrected chi connectivity index (χ3v) is 9.96. The van der Waals surface area contributed by atoms with E-state index >= 15 is 0 Å². The molecule has 0 spiro atoms. The molecule has 0 radical (unpaired) electrons. The fourth-order valence-electron chi connectivity index (χ4n) is 8.15. The number of hydrogen-bond acceptors (Lipinski definition) is 2. The van der Waals surface area contributed by atoms with Gasteiger partial charge in [0.15, 0.2) is 0 Å². The van der Waals surface area contributed by atoms with Gasteiger partial charge >= 0.3 is 0 Å². The molecule has 0 heterocycles. The van der Waals surface area contributed by atoms with Crippen molar-refractivity contribution in [3.8, 4) is 0 Å². The third kappa shape index (κ3) is 3.06. The maximum Gasteiger partial charge on any atom is 0.217 e. The molecule has 1 fully saturated rings. The number of hydrogen-bond donors (Lipinski definition) is 2. The van der Waals surface area contributed by atoms with Crippen molar-refractivity contribution >= 4 is 5.91 Å². The number of nitrogens with two attached hydrogens (primary N) is 1. The Morgan fingerprint density at radius 3 is 2.59 bits per heavy atom. The maximum absolute atomic E-state index is 11.3. The van der Waals surface area contributed by atoms with Crippen molar-refractivity contribution in [2.45, 2.75) is 98.5 Å². The molecular weight excluding hydrogens is 358 g/mol. The van der Waals surface area contributed by atoms with Gasteiger partial charge in [0.1, 0.15) is 0 Å². The summed E-state index contributed by atoms with van der Waals surface area (Å²) in [6.07, 6.45) is 11.8. The molecule has 4 aliphatic carbocycles. The lowest BCUT2D eigenvalue weighted by atomic mass is 9.46. The lowest BCUT2D eigenvalue weighted by molar-refractivity contribution is -0.118. The van der Waals surface area contributed by atoms with E-state index < -0.39 is 0 Å². The Kier molecular flexibility index (Phi) is 5.08. The summed E-state index contributed by atoms with van der Waals surface area (Å²) in [6, 6.07) is 0. The number of primary amides is 1. The second-order valence-electron chi connectivity index (χ2n) is 11.7. The number of aliphatic hydroxyl groups is 1. The minimum Gasteiger partial charge on any atom is -0.393 e. The first kappa shape index (κ1) is 21.2. The summed E-state index contributed by atoms with van der Waals surface area (Å²) in [5.74, 6) is 1.56. The highest BCUT2D eigenvalue weighted by Gasteiger charge is 2.57. The maximum atomic E-state index is 11.3. The first-order valence-corrected chi connectivity index (χ1v) is 11.9. The van der Waals surface area contributed by atoms with E-state index in [1.165, 1.54) is 25.7 Å². The predicted molar refractivity (Wildman–Crippen MR) is 118 cm³/mol. The Bertz CT molecular complexity index is 763. The van der Waals surface area contributed by atoms with Gasteiger partial charge in [-0.05, 0) is 96.5 Å². The van der Waals surface area contributed by atoms with Crippen molar-refractivity contribution in [3.05, 3.63) is 22.8 Å². The molecule has 0 bridgehead atoms. The zero-order valence-corrected chi connectivity index (χ0v) is 19.2. The topological polar surface area (TPSA) is 63.3 Å². The monoisotopic (exact) mass is 399 g/mol. The van der Waals surface area contributed by atoms with E-state index in [4.69, 9.17) is 5.73 Å². The molecule has 2 unspecified atom stereocenters. The largest absolute Gasteiger partial charge is 0.393 e. The third-order valence-electron chi connectivity index (χ3n) is 9.96. The van der Waals surface area contributed by atoms with Crippen LogP contribution >= 0.6 is 0 Å². The molecule has 0 saturated heterocycles. The van der Waals surface area contributed by atoms with Crippen LogP contribution in [-0.4, -0.2) is 17.1 Å². The highest BCUT2D eigenvalue weighted by molar-refractivity contribution is 5.73. The normalized spacial score (nSPS) is 41.9. The van der Waals surface area contributed by atoms with Crippen LogP contribution in [0.25, 0.3) is 0 Å². The van der Waals surface area contributed by atoms with Gasteiger partial charge in [0, 0.05) is 6.42 Å². The first-order valence-electron chi connectivity index (χ1n) is 11.9. The zero-order chi connectivity index (χ0) is 21.2. The van der Waals surface area contributed by atoms with Gasteiger partial charge in [-0.15, -0.1) is 0 Å². The summed E-state index contributed by atoms with van der Waals surface area (Å²) in [5.41, 5.74) is 11.0. The van der Waals surface area contributed by atoms with Crippen molar-refractivity contribution in [2.75, 3.05) is 0 Å². The fraction of sp³-hybridized carbons (Fsp3) is 0.808.